The second-order valence-electron chi connectivity index (χ2n) is 11.4. The maximum atomic E-state index is 14.0. The van der Waals surface area contributed by atoms with Crippen LogP contribution in [0.1, 0.15) is 47.2 Å². The molecule has 1 fully saturated rings. The van der Waals surface area contributed by atoms with Gasteiger partial charge in [0.25, 0.3) is 11.5 Å². The average molecular weight is 636 g/mol. The van der Waals surface area contributed by atoms with Gasteiger partial charge in [-0.2, -0.15) is 23.5 Å². The van der Waals surface area contributed by atoms with Crippen LogP contribution in [-0.2, 0) is 22.8 Å². The van der Waals surface area contributed by atoms with E-state index in [1.54, 1.807) is 49.3 Å². The lowest BCUT2D eigenvalue weighted by atomic mass is 9.92. The highest BCUT2D eigenvalue weighted by atomic mass is 19.4. The van der Waals surface area contributed by atoms with E-state index in [4.69, 9.17) is 4.74 Å². The largest absolute Gasteiger partial charge is 0.461 e. The van der Waals surface area contributed by atoms with Crippen molar-refractivity contribution >= 4 is 11.9 Å². The van der Waals surface area contributed by atoms with Gasteiger partial charge < -0.3 is 10.1 Å². The summed E-state index contributed by atoms with van der Waals surface area (Å²) in [5.41, 5.74) is -0.689. The molecular formula is C32H32F3N7O4. The molecule has 11 nitrogen and oxygen atoms in total. The van der Waals surface area contributed by atoms with Crippen molar-refractivity contribution in [1.29, 1.82) is 5.26 Å². The van der Waals surface area contributed by atoms with E-state index in [1.165, 1.54) is 34.7 Å². The Hall–Kier alpha value is -5.16. The first kappa shape index (κ1) is 32.2. The van der Waals surface area contributed by atoms with Gasteiger partial charge in [-0.1, -0.05) is 6.07 Å². The fraction of sp³-hybridized carbons (Fsp3) is 0.344. The summed E-state index contributed by atoms with van der Waals surface area (Å²) in [5, 5.41) is 16.5. The van der Waals surface area contributed by atoms with E-state index in [-0.39, 0.29) is 41.6 Å². The van der Waals surface area contributed by atoms with Crippen molar-refractivity contribution in [3.8, 4) is 28.8 Å². The van der Waals surface area contributed by atoms with Gasteiger partial charge in [0.15, 0.2) is 0 Å². The Balaban J connectivity index is 1.52. The van der Waals surface area contributed by atoms with Crippen LogP contribution in [0.3, 0.4) is 0 Å². The first-order chi connectivity index (χ1) is 21.9. The zero-order valence-electron chi connectivity index (χ0n) is 25.4. The number of hydrogen-bond acceptors (Lipinski definition) is 7. The zero-order chi connectivity index (χ0) is 33.2. The molecule has 0 aliphatic heterocycles. The first-order valence-electron chi connectivity index (χ1n) is 14.6. The zero-order valence-corrected chi connectivity index (χ0v) is 25.4. The van der Waals surface area contributed by atoms with Gasteiger partial charge in [-0.25, -0.2) is 9.36 Å². The summed E-state index contributed by atoms with van der Waals surface area (Å²) in [6, 6.07) is 14.1. The van der Waals surface area contributed by atoms with Crippen LogP contribution in [0.2, 0.25) is 0 Å². The third-order valence-corrected chi connectivity index (χ3v) is 7.79. The Morgan fingerprint density at radius 3 is 2.39 bits per heavy atom. The van der Waals surface area contributed by atoms with E-state index in [2.05, 4.69) is 10.4 Å². The van der Waals surface area contributed by atoms with Crippen LogP contribution >= 0.6 is 0 Å². The summed E-state index contributed by atoms with van der Waals surface area (Å²) in [6.07, 6.45) is -1.43. The van der Waals surface area contributed by atoms with Gasteiger partial charge in [0.05, 0.1) is 47.0 Å². The Labute approximate surface area is 262 Å². The molecule has 5 rings (SSSR count). The minimum atomic E-state index is -4.65. The van der Waals surface area contributed by atoms with E-state index >= 15 is 0 Å². The fourth-order valence-corrected chi connectivity index (χ4v) is 5.64. The number of benzene rings is 2. The quantitative estimate of drug-likeness (QED) is 0.289. The lowest BCUT2D eigenvalue weighted by Gasteiger charge is -2.29. The van der Waals surface area contributed by atoms with Crippen molar-refractivity contribution in [1.82, 2.24) is 29.4 Å². The van der Waals surface area contributed by atoms with Gasteiger partial charge in [0, 0.05) is 13.1 Å². The van der Waals surface area contributed by atoms with Gasteiger partial charge in [-0.3, -0.25) is 24.0 Å². The smallest absolute Gasteiger partial charge is 0.416 e. The van der Waals surface area contributed by atoms with Crippen LogP contribution in [0.15, 0.2) is 65.6 Å². The molecule has 0 atom stereocenters. The number of halogens is 3. The third-order valence-electron chi connectivity index (χ3n) is 7.79. The summed E-state index contributed by atoms with van der Waals surface area (Å²) >= 11 is 0. The summed E-state index contributed by atoms with van der Waals surface area (Å²) in [6.45, 7) is 0.157. The number of rotatable bonds is 8. The topological polar surface area (TPSA) is 127 Å². The molecule has 2 aromatic carbocycles. The number of alkyl halides is 3. The number of amides is 1. The lowest BCUT2D eigenvalue weighted by Crippen LogP contribution is -2.41. The van der Waals surface area contributed by atoms with Gasteiger partial charge in [-0.05, 0) is 88.3 Å². The highest BCUT2D eigenvalue weighted by molar-refractivity contribution is 6.00. The van der Waals surface area contributed by atoms with Crippen molar-refractivity contribution < 1.29 is 27.5 Å². The van der Waals surface area contributed by atoms with Crippen LogP contribution < -0.4 is 10.9 Å². The normalized spacial score (nSPS) is 16.7. The van der Waals surface area contributed by atoms with E-state index in [1.807, 2.05) is 6.07 Å². The number of likely N-dealkylation sites (N-methyl/N-ethyl adjacent to an activating group) is 1. The van der Waals surface area contributed by atoms with E-state index in [9.17, 15) is 32.8 Å². The van der Waals surface area contributed by atoms with Crippen molar-refractivity contribution in [3.05, 3.63) is 87.8 Å². The maximum absolute atomic E-state index is 14.0. The number of aromatic nitrogens is 4. The predicted molar refractivity (Wildman–Crippen MR) is 161 cm³/mol. The minimum Gasteiger partial charge on any atom is -0.461 e. The Bertz CT molecular complexity index is 1840. The summed E-state index contributed by atoms with van der Waals surface area (Å²) in [4.78, 5) is 41.7. The van der Waals surface area contributed by atoms with E-state index in [0.29, 0.717) is 42.6 Å². The molecular weight excluding hydrogens is 603 g/mol. The second-order valence-corrected chi connectivity index (χ2v) is 11.4. The first-order valence-corrected chi connectivity index (χ1v) is 14.6. The Morgan fingerprint density at radius 2 is 1.76 bits per heavy atom. The standard InChI is InChI=1S/C32H32F3N7O4/c1-39(2)19-27(43)46-25-13-9-22(10-14-25)38-30(44)28-29(26-15-16-37-41(26)23-11-7-20(18-36)8-12-23)40(3)42(31(28)45)24-6-4-5-21(17-24)32(33,34)35/h4-8,11-12,15-17,22,25H,9-10,13-14,19H2,1-3H3,(H,38,44)/t22-,25-. The molecule has 1 aliphatic rings. The van der Waals surface area contributed by atoms with Gasteiger partial charge >= 0.3 is 12.1 Å². The van der Waals surface area contributed by atoms with Crippen LogP contribution in [-0.4, -0.2) is 68.7 Å². The third kappa shape index (κ3) is 6.74. The summed E-state index contributed by atoms with van der Waals surface area (Å²) < 4.78 is 50.2. The van der Waals surface area contributed by atoms with Crippen LogP contribution in [0.25, 0.3) is 22.8 Å². The number of ether oxygens (including phenoxy) is 1. The molecule has 2 heterocycles. The molecule has 240 valence electrons. The lowest BCUT2D eigenvalue weighted by molar-refractivity contribution is -0.151. The monoisotopic (exact) mass is 635 g/mol. The second kappa shape index (κ2) is 13.1. The fourth-order valence-electron chi connectivity index (χ4n) is 5.64. The number of carbonyl (C=O) groups is 2. The van der Waals surface area contributed by atoms with Crippen LogP contribution in [0.5, 0.6) is 0 Å². The van der Waals surface area contributed by atoms with E-state index in [0.717, 1.165) is 16.8 Å². The Morgan fingerprint density at radius 1 is 1.07 bits per heavy atom. The number of hydrogen-bond donors (Lipinski definition) is 1. The average Bonchev–Trinajstić information content (AvgIpc) is 3.59. The molecule has 46 heavy (non-hydrogen) atoms. The van der Waals surface area contributed by atoms with Gasteiger partial charge in [-0.15, -0.1) is 0 Å². The molecule has 0 unspecified atom stereocenters. The van der Waals surface area contributed by atoms with Crippen molar-refractivity contribution in [2.45, 2.75) is 44.0 Å². The maximum Gasteiger partial charge on any atom is 0.416 e. The molecule has 1 amide bonds. The van der Waals surface area contributed by atoms with Gasteiger partial charge in [0.1, 0.15) is 17.4 Å². The number of nitriles is 1. The minimum absolute atomic E-state index is 0.0767. The summed E-state index contributed by atoms with van der Waals surface area (Å²) in [7, 11) is 5.02. The summed E-state index contributed by atoms with van der Waals surface area (Å²) in [5.74, 6) is -1.03. The van der Waals surface area contributed by atoms with Crippen molar-refractivity contribution in [2.75, 3.05) is 20.6 Å². The molecule has 0 bridgehead atoms. The van der Waals surface area contributed by atoms with Crippen molar-refractivity contribution in [2.24, 2.45) is 7.05 Å². The highest BCUT2D eigenvalue weighted by Crippen LogP contribution is 2.32. The number of nitrogens with one attached hydrogen (secondary N) is 1. The molecule has 0 radical (unpaired) electrons. The number of carbonyl (C=O) groups excluding carboxylic acids is 2. The molecule has 14 heteroatoms. The van der Waals surface area contributed by atoms with Gasteiger partial charge in [0.2, 0.25) is 0 Å². The molecule has 1 N–H and O–H groups in total. The Kier molecular flexibility index (Phi) is 9.15. The van der Waals surface area contributed by atoms with Crippen molar-refractivity contribution in [3.63, 3.8) is 0 Å². The van der Waals surface area contributed by atoms with E-state index < -0.39 is 23.2 Å². The molecule has 1 aliphatic carbocycles. The van der Waals surface area contributed by atoms with Crippen LogP contribution in [0, 0.1) is 11.3 Å². The number of esters is 1. The molecule has 0 saturated heterocycles. The highest BCUT2D eigenvalue weighted by Gasteiger charge is 2.33. The van der Waals surface area contributed by atoms with Crippen LogP contribution in [0.4, 0.5) is 13.2 Å². The molecule has 1 saturated carbocycles. The SMILES string of the molecule is CN(C)CC(=O)O[C@H]1CC[C@H](NC(=O)c2c(-c3ccnn3-c3ccc(C#N)cc3)n(C)n(-c3cccc(C(F)(F)F)c3)c2=O)CC1. The molecule has 2 aromatic heterocycles. The molecule has 4 aromatic rings. The molecule has 0 spiro atoms. The number of nitrogens with zero attached hydrogens (tertiary/aromatic N) is 6. The predicted octanol–water partition coefficient (Wildman–Crippen LogP) is 4.06.